The third-order valence-corrected chi connectivity index (χ3v) is 2.11. The first-order chi connectivity index (χ1) is 3.62. The second-order valence-corrected chi connectivity index (χ2v) is 6.30. The molecule has 46 valence electrons. The minimum atomic E-state index is -1.91. The fourth-order valence-corrected chi connectivity index (χ4v) is 0.458. The van der Waals surface area contributed by atoms with Crippen molar-refractivity contribution in [1.82, 2.24) is 0 Å². The first-order valence-electron chi connectivity index (χ1n) is 2.29. The van der Waals surface area contributed by atoms with Crippen LogP contribution in [-0.4, -0.2) is 19.6 Å². The average molecular weight is 131 g/mol. The van der Waals surface area contributed by atoms with Gasteiger partial charge in [0.25, 0.3) is 0 Å². The van der Waals surface area contributed by atoms with Crippen molar-refractivity contribution < 1.29 is 5.11 Å². The topological polar surface area (TPSA) is 69.0 Å². The van der Waals surface area contributed by atoms with Crippen LogP contribution in [0.5, 0.6) is 0 Å². The van der Waals surface area contributed by atoms with Crippen LogP contribution in [-0.2, 0) is 0 Å². The van der Waals surface area contributed by atoms with Gasteiger partial charge in [0.1, 0.15) is 0 Å². The predicted octanol–water partition coefficient (Wildman–Crippen LogP) is 1.03. The van der Waals surface area contributed by atoms with E-state index in [1.165, 1.54) is 0 Å². The summed E-state index contributed by atoms with van der Waals surface area (Å²) in [5, 5.41) is 8.52. The van der Waals surface area contributed by atoms with Crippen molar-refractivity contribution in [2.24, 2.45) is 4.78 Å². The molecule has 0 saturated carbocycles. The van der Waals surface area contributed by atoms with E-state index in [9.17, 15) is 0 Å². The molecule has 1 N–H and O–H groups in total. The lowest BCUT2D eigenvalue weighted by Crippen LogP contribution is -2.27. The molecule has 8 heavy (non-hydrogen) atoms. The van der Waals surface area contributed by atoms with Crippen molar-refractivity contribution in [2.45, 2.75) is 13.1 Å². The smallest absolute Gasteiger partial charge is 0.177 e. The molecule has 0 unspecified atom stereocenters. The summed E-state index contributed by atoms with van der Waals surface area (Å²) in [7, 11) is -1.91. The Morgan fingerprint density at radius 1 is 1.75 bits per heavy atom. The summed E-state index contributed by atoms with van der Waals surface area (Å²) >= 11 is 0. The van der Waals surface area contributed by atoms with Gasteiger partial charge < -0.3 is 5.11 Å². The standard InChI is InChI=1S/C3H9N3OSi/c1-8(2,3-7)6-5-4/h7H,3H2,1-2H3. The first kappa shape index (κ1) is 7.49. The van der Waals surface area contributed by atoms with Crippen LogP contribution in [0, 0.1) is 0 Å². The average Bonchev–Trinajstić information content (AvgIpc) is 1.67. The van der Waals surface area contributed by atoms with Crippen LogP contribution in [0.3, 0.4) is 0 Å². The number of hydrogen-bond donors (Lipinski definition) is 1. The van der Waals surface area contributed by atoms with E-state index in [1.807, 2.05) is 0 Å². The van der Waals surface area contributed by atoms with E-state index in [4.69, 9.17) is 10.6 Å². The number of nitrogens with zero attached hydrogens (tertiary/aromatic N) is 3. The van der Waals surface area contributed by atoms with Crippen molar-refractivity contribution >= 4 is 8.24 Å². The normalized spacial score (nSPS) is 10.4. The lowest BCUT2D eigenvalue weighted by Gasteiger charge is -2.07. The molecule has 0 aromatic heterocycles. The number of aliphatic hydroxyl groups is 1. The van der Waals surface area contributed by atoms with E-state index in [1.54, 1.807) is 13.1 Å². The molecular weight excluding hydrogens is 122 g/mol. The van der Waals surface area contributed by atoms with Gasteiger partial charge in [-0.15, -0.1) is 4.78 Å². The lowest BCUT2D eigenvalue weighted by molar-refractivity contribution is 0.358. The fraction of sp³-hybridized carbons (Fsp3) is 1.00. The summed E-state index contributed by atoms with van der Waals surface area (Å²) in [6.07, 6.45) is 0.0249. The molecular formula is C3H9N3OSi. The Kier molecular flexibility index (Phi) is 2.54. The van der Waals surface area contributed by atoms with Gasteiger partial charge in [0, 0.05) is 6.23 Å². The van der Waals surface area contributed by atoms with Crippen LogP contribution in [0.2, 0.25) is 13.1 Å². The molecule has 0 bridgehead atoms. The minimum Gasteiger partial charge on any atom is -0.400 e. The Balaban J connectivity index is 3.90. The summed E-state index contributed by atoms with van der Waals surface area (Å²) in [5.74, 6) is 0. The molecule has 0 aromatic carbocycles. The highest BCUT2D eigenvalue weighted by atomic mass is 28.3. The zero-order chi connectivity index (χ0) is 6.62. The molecule has 0 saturated heterocycles. The van der Waals surface area contributed by atoms with Gasteiger partial charge in [-0.1, -0.05) is 13.1 Å². The molecule has 0 fully saturated rings. The van der Waals surface area contributed by atoms with Gasteiger partial charge in [0.2, 0.25) is 0 Å². The molecule has 0 heterocycles. The van der Waals surface area contributed by atoms with Crippen molar-refractivity contribution in [3.63, 3.8) is 0 Å². The maximum Gasteiger partial charge on any atom is 0.177 e. The molecule has 0 spiro atoms. The van der Waals surface area contributed by atoms with Crippen molar-refractivity contribution in [2.75, 3.05) is 6.23 Å². The van der Waals surface area contributed by atoms with Gasteiger partial charge in [0.05, 0.1) is 0 Å². The van der Waals surface area contributed by atoms with Crippen molar-refractivity contribution in [1.29, 1.82) is 0 Å². The fourth-order valence-electron chi connectivity index (χ4n) is 0.153. The van der Waals surface area contributed by atoms with E-state index >= 15 is 0 Å². The number of hydrogen-bond acceptors (Lipinski definition) is 2. The number of rotatable bonds is 2. The van der Waals surface area contributed by atoms with Crippen LogP contribution in [0.1, 0.15) is 0 Å². The molecule has 0 amide bonds. The third kappa shape index (κ3) is 2.63. The summed E-state index contributed by atoms with van der Waals surface area (Å²) in [4.78, 5) is 2.60. The third-order valence-electron chi connectivity index (χ3n) is 0.702. The Hall–Kier alpha value is -0.513. The van der Waals surface area contributed by atoms with Crippen molar-refractivity contribution in [3.8, 4) is 0 Å². The number of aliphatic hydroxyl groups excluding tert-OH is 1. The van der Waals surface area contributed by atoms with E-state index in [-0.39, 0.29) is 6.23 Å². The predicted molar refractivity (Wildman–Crippen MR) is 33.7 cm³/mol. The van der Waals surface area contributed by atoms with Crippen LogP contribution in [0.4, 0.5) is 0 Å². The molecule has 0 aromatic rings. The highest BCUT2D eigenvalue weighted by Gasteiger charge is 2.16. The molecule has 0 radical (unpaired) electrons. The molecule has 0 aliphatic carbocycles. The second kappa shape index (κ2) is 2.71. The zero-order valence-corrected chi connectivity index (χ0v) is 6.00. The maximum absolute atomic E-state index is 8.52. The van der Waals surface area contributed by atoms with Crippen LogP contribution in [0.25, 0.3) is 10.4 Å². The van der Waals surface area contributed by atoms with Gasteiger partial charge in [-0.2, -0.15) is 0 Å². The second-order valence-electron chi connectivity index (χ2n) is 2.16. The molecule has 0 rings (SSSR count). The maximum atomic E-state index is 8.52. The highest BCUT2D eigenvalue weighted by Crippen LogP contribution is 2.00. The summed E-state index contributed by atoms with van der Waals surface area (Å²) in [6, 6.07) is 0. The zero-order valence-electron chi connectivity index (χ0n) is 5.00. The quantitative estimate of drug-likeness (QED) is 0.258. The van der Waals surface area contributed by atoms with Gasteiger partial charge in [-0.3, -0.25) is 0 Å². The Labute approximate surface area is 48.9 Å². The van der Waals surface area contributed by atoms with E-state index in [0.29, 0.717) is 0 Å². The van der Waals surface area contributed by atoms with Gasteiger partial charge in [0.15, 0.2) is 8.24 Å². The largest absolute Gasteiger partial charge is 0.400 e. The Morgan fingerprint density at radius 2 is 2.25 bits per heavy atom. The van der Waals surface area contributed by atoms with Crippen LogP contribution in [0.15, 0.2) is 4.78 Å². The van der Waals surface area contributed by atoms with Gasteiger partial charge in [-0.05, 0) is 10.4 Å². The SMILES string of the molecule is C[Si](C)(CO)N=[N+]=[N-]. The Morgan fingerprint density at radius 3 is 2.38 bits per heavy atom. The summed E-state index contributed by atoms with van der Waals surface area (Å²) in [6.45, 7) is 3.60. The van der Waals surface area contributed by atoms with Crippen molar-refractivity contribution in [3.05, 3.63) is 10.4 Å². The summed E-state index contributed by atoms with van der Waals surface area (Å²) in [5.41, 5.74) is 7.91. The molecule has 0 atom stereocenters. The van der Waals surface area contributed by atoms with Crippen LogP contribution >= 0.6 is 0 Å². The van der Waals surface area contributed by atoms with Gasteiger partial charge in [-0.25, -0.2) is 0 Å². The van der Waals surface area contributed by atoms with E-state index in [0.717, 1.165) is 0 Å². The molecule has 0 aliphatic rings. The minimum absolute atomic E-state index is 0.0249. The monoisotopic (exact) mass is 131 g/mol. The van der Waals surface area contributed by atoms with Gasteiger partial charge >= 0.3 is 0 Å². The first-order valence-corrected chi connectivity index (χ1v) is 5.45. The molecule has 0 aliphatic heterocycles. The Bertz CT molecular complexity index is 118. The lowest BCUT2D eigenvalue weighted by atomic mass is 11.7. The molecule has 5 heteroatoms. The van der Waals surface area contributed by atoms with Crippen LogP contribution < -0.4 is 0 Å². The van der Waals surface area contributed by atoms with E-state index in [2.05, 4.69) is 9.69 Å². The summed E-state index contributed by atoms with van der Waals surface area (Å²) < 4.78 is 3.44. The molecule has 4 nitrogen and oxygen atoms in total. The van der Waals surface area contributed by atoms with E-state index < -0.39 is 8.24 Å². The number of azide groups is 1. The highest BCUT2D eigenvalue weighted by molar-refractivity contribution is 6.75.